The van der Waals surface area contributed by atoms with Gasteiger partial charge in [-0.15, -0.1) is 0 Å². The lowest BCUT2D eigenvalue weighted by molar-refractivity contribution is -0.146. The standard InChI is InChI=1S/C17H19NO9/c1-4-8-11(9(19)7-10(20)15(22)23)14(21)18(5-2)13(12(8)16(24)25)17(26)27-6-3/h7,19H,4-6H2,1-3H3,(H,22,23)(H,24,25). The minimum Gasteiger partial charge on any atom is -0.507 e. The van der Waals surface area contributed by atoms with E-state index in [0.717, 1.165) is 4.57 Å². The Morgan fingerprint density at radius 2 is 1.63 bits per heavy atom. The number of aliphatic hydroxyl groups excluding tert-OH is 1. The number of ether oxygens (including phenoxy) is 1. The van der Waals surface area contributed by atoms with E-state index in [9.17, 15) is 34.2 Å². The van der Waals surface area contributed by atoms with Gasteiger partial charge in [0.15, 0.2) is 0 Å². The molecule has 0 bridgehead atoms. The number of carboxylic acid groups (broad SMARTS) is 2. The minimum atomic E-state index is -1.86. The Morgan fingerprint density at radius 1 is 1.04 bits per heavy atom. The maximum absolute atomic E-state index is 12.8. The first-order valence-corrected chi connectivity index (χ1v) is 8.00. The quantitative estimate of drug-likeness (QED) is 0.257. The molecule has 3 N–H and O–H groups in total. The topological polar surface area (TPSA) is 160 Å². The number of aliphatic carboxylic acids is 1. The van der Waals surface area contributed by atoms with E-state index in [4.69, 9.17) is 9.84 Å². The molecule has 0 atom stereocenters. The molecule has 27 heavy (non-hydrogen) atoms. The normalized spacial score (nSPS) is 11.1. The summed E-state index contributed by atoms with van der Waals surface area (Å²) in [5.41, 5.74) is -2.77. The Morgan fingerprint density at radius 3 is 2.04 bits per heavy atom. The lowest BCUT2D eigenvalue weighted by atomic mass is 9.96. The van der Waals surface area contributed by atoms with Gasteiger partial charge in [-0.25, -0.2) is 14.4 Å². The first-order chi connectivity index (χ1) is 12.6. The highest BCUT2D eigenvalue weighted by atomic mass is 16.5. The molecule has 0 aliphatic heterocycles. The van der Waals surface area contributed by atoms with Crippen molar-refractivity contribution in [3.8, 4) is 0 Å². The third kappa shape index (κ3) is 4.22. The predicted molar refractivity (Wildman–Crippen MR) is 91.9 cm³/mol. The van der Waals surface area contributed by atoms with Crippen LogP contribution in [0.1, 0.15) is 52.7 Å². The van der Waals surface area contributed by atoms with Crippen LogP contribution in [-0.4, -0.2) is 50.2 Å². The van der Waals surface area contributed by atoms with Crippen LogP contribution in [-0.2, 0) is 27.3 Å². The van der Waals surface area contributed by atoms with Crippen molar-refractivity contribution >= 4 is 29.5 Å². The number of hydrogen-bond donors (Lipinski definition) is 3. The van der Waals surface area contributed by atoms with Crippen molar-refractivity contribution < 1.29 is 39.2 Å². The van der Waals surface area contributed by atoms with Gasteiger partial charge in [0.25, 0.3) is 11.3 Å². The van der Waals surface area contributed by atoms with Crippen molar-refractivity contribution in [2.45, 2.75) is 33.7 Å². The van der Waals surface area contributed by atoms with Crippen LogP contribution in [0.15, 0.2) is 10.9 Å². The highest BCUT2D eigenvalue weighted by Crippen LogP contribution is 2.23. The van der Waals surface area contributed by atoms with Crippen LogP contribution in [0, 0.1) is 0 Å². The van der Waals surface area contributed by atoms with E-state index in [2.05, 4.69) is 0 Å². The third-order valence-corrected chi connectivity index (χ3v) is 3.66. The molecular formula is C17H19NO9. The maximum Gasteiger partial charge on any atom is 0.376 e. The third-order valence-electron chi connectivity index (χ3n) is 3.66. The van der Waals surface area contributed by atoms with E-state index in [1.807, 2.05) is 0 Å². The summed E-state index contributed by atoms with van der Waals surface area (Å²) >= 11 is 0. The molecule has 0 unspecified atom stereocenters. The van der Waals surface area contributed by atoms with Crippen LogP contribution in [0.25, 0.3) is 5.76 Å². The van der Waals surface area contributed by atoms with Gasteiger partial charge in [0.2, 0.25) is 0 Å². The summed E-state index contributed by atoms with van der Waals surface area (Å²) in [5.74, 6) is -6.93. The van der Waals surface area contributed by atoms with E-state index in [0.29, 0.717) is 6.08 Å². The molecule has 10 nitrogen and oxygen atoms in total. The molecule has 1 rings (SSSR count). The highest BCUT2D eigenvalue weighted by Gasteiger charge is 2.31. The van der Waals surface area contributed by atoms with Crippen molar-refractivity contribution in [3.05, 3.63) is 38.8 Å². The monoisotopic (exact) mass is 381 g/mol. The van der Waals surface area contributed by atoms with E-state index in [1.165, 1.54) is 20.8 Å². The molecule has 0 saturated heterocycles. The fourth-order valence-electron chi connectivity index (χ4n) is 2.59. The van der Waals surface area contributed by atoms with Crippen molar-refractivity contribution in [1.82, 2.24) is 4.57 Å². The fourth-order valence-corrected chi connectivity index (χ4v) is 2.59. The van der Waals surface area contributed by atoms with Crippen molar-refractivity contribution in [1.29, 1.82) is 0 Å². The zero-order chi connectivity index (χ0) is 20.9. The second-order valence-corrected chi connectivity index (χ2v) is 5.20. The molecule has 0 spiro atoms. The number of rotatable bonds is 8. The number of aliphatic hydroxyl groups is 1. The molecular weight excluding hydrogens is 362 g/mol. The maximum atomic E-state index is 12.8. The van der Waals surface area contributed by atoms with Crippen molar-refractivity contribution in [2.75, 3.05) is 6.61 Å². The number of hydrogen-bond acceptors (Lipinski definition) is 7. The smallest absolute Gasteiger partial charge is 0.376 e. The van der Waals surface area contributed by atoms with E-state index < -0.39 is 51.8 Å². The van der Waals surface area contributed by atoms with Gasteiger partial charge in [-0.3, -0.25) is 9.59 Å². The summed E-state index contributed by atoms with van der Waals surface area (Å²) in [6.07, 6.45) is 0.218. The molecule has 1 aromatic heterocycles. The molecule has 1 heterocycles. The Labute approximate surface area is 153 Å². The number of pyridine rings is 1. The van der Waals surface area contributed by atoms with Crippen LogP contribution >= 0.6 is 0 Å². The number of ketones is 1. The van der Waals surface area contributed by atoms with Crippen LogP contribution in [0.4, 0.5) is 0 Å². The second kappa shape index (κ2) is 8.79. The predicted octanol–water partition coefficient (Wildman–Crippen LogP) is 0.858. The van der Waals surface area contributed by atoms with Crippen LogP contribution < -0.4 is 5.56 Å². The fraction of sp³-hybridized carbons (Fsp3) is 0.353. The molecule has 146 valence electrons. The van der Waals surface area contributed by atoms with Gasteiger partial charge in [-0.2, -0.15) is 0 Å². The summed E-state index contributed by atoms with van der Waals surface area (Å²) in [6.45, 7) is 4.26. The number of nitrogens with zero attached hydrogens (tertiary/aromatic N) is 1. The molecule has 0 aromatic carbocycles. The number of aromatic nitrogens is 1. The molecule has 0 fully saturated rings. The summed E-state index contributed by atoms with van der Waals surface area (Å²) in [6, 6.07) is 0. The van der Waals surface area contributed by atoms with Gasteiger partial charge in [-0.1, -0.05) is 6.92 Å². The molecule has 0 aliphatic rings. The number of aromatic carboxylic acids is 1. The van der Waals surface area contributed by atoms with Crippen molar-refractivity contribution in [3.63, 3.8) is 0 Å². The summed E-state index contributed by atoms with van der Waals surface area (Å²) < 4.78 is 5.64. The van der Waals surface area contributed by atoms with Gasteiger partial charge in [0.1, 0.15) is 11.5 Å². The second-order valence-electron chi connectivity index (χ2n) is 5.20. The number of carboxylic acids is 2. The van der Waals surface area contributed by atoms with Crippen LogP contribution in [0.3, 0.4) is 0 Å². The molecule has 1 aromatic rings. The van der Waals surface area contributed by atoms with Gasteiger partial charge in [-0.05, 0) is 25.8 Å². The average Bonchev–Trinajstić information content (AvgIpc) is 2.59. The van der Waals surface area contributed by atoms with Gasteiger partial charge >= 0.3 is 17.9 Å². The van der Waals surface area contributed by atoms with E-state index >= 15 is 0 Å². The van der Waals surface area contributed by atoms with Crippen LogP contribution in [0.5, 0.6) is 0 Å². The zero-order valence-corrected chi connectivity index (χ0v) is 14.9. The largest absolute Gasteiger partial charge is 0.507 e. The Bertz CT molecular complexity index is 893. The number of carbonyl (C=O) groups is 4. The molecule has 0 aliphatic carbocycles. The SMILES string of the molecule is CCOC(=O)c1c(C(=O)O)c(CC)c(C(O)=CC(=O)C(=O)O)c(=O)n1CC. The molecule has 10 heteroatoms. The first kappa shape index (κ1) is 21.6. The molecule has 0 saturated carbocycles. The zero-order valence-electron chi connectivity index (χ0n) is 14.9. The Kier molecular flexibility index (Phi) is 7.03. The van der Waals surface area contributed by atoms with Gasteiger partial charge in [0, 0.05) is 12.6 Å². The number of esters is 1. The first-order valence-electron chi connectivity index (χ1n) is 8.00. The summed E-state index contributed by atoms with van der Waals surface area (Å²) in [4.78, 5) is 58.9. The minimum absolute atomic E-state index is 0.0583. The lowest BCUT2D eigenvalue weighted by Gasteiger charge is -2.19. The molecule has 0 amide bonds. The van der Waals surface area contributed by atoms with Crippen LogP contribution in [0.2, 0.25) is 0 Å². The van der Waals surface area contributed by atoms with E-state index in [1.54, 1.807) is 0 Å². The van der Waals surface area contributed by atoms with Gasteiger partial charge in [0.05, 0.1) is 17.7 Å². The molecule has 0 radical (unpaired) electrons. The summed E-state index contributed by atoms with van der Waals surface area (Å²) in [7, 11) is 0. The highest BCUT2D eigenvalue weighted by molar-refractivity contribution is 6.38. The van der Waals surface area contributed by atoms with Gasteiger partial charge < -0.3 is 24.6 Å². The Hall–Kier alpha value is -3.43. The Balaban J connectivity index is 4.04. The average molecular weight is 381 g/mol. The number of carbonyl (C=O) groups excluding carboxylic acids is 2. The summed E-state index contributed by atoms with van der Waals surface area (Å²) in [5, 5.41) is 28.4. The van der Waals surface area contributed by atoms with E-state index in [-0.39, 0.29) is 25.1 Å². The van der Waals surface area contributed by atoms with Crippen molar-refractivity contribution in [2.24, 2.45) is 0 Å². The lowest BCUT2D eigenvalue weighted by Crippen LogP contribution is -2.34.